The Balaban J connectivity index is 1.84. The van der Waals surface area contributed by atoms with Crippen LogP contribution < -0.4 is 0 Å². The molecule has 0 atom stereocenters. The maximum absolute atomic E-state index is 11.6. The Morgan fingerprint density at radius 2 is 2.00 bits per heavy atom. The smallest absolute Gasteiger partial charge is 0.410 e. The first-order chi connectivity index (χ1) is 9.07. The van der Waals surface area contributed by atoms with E-state index in [1.807, 2.05) is 30.3 Å². The van der Waals surface area contributed by atoms with E-state index in [2.05, 4.69) is 0 Å². The van der Waals surface area contributed by atoms with Crippen molar-refractivity contribution in [1.82, 2.24) is 4.90 Å². The number of rotatable bonds is 3. The molecule has 1 N–H and O–H groups in total. The highest BCUT2D eigenvalue weighted by atomic mass is 16.6. The number of hydrogen-bond donors (Lipinski definition) is 1. The highest BCUT2D eigenvalue weighted by Gasteiger charge is 2.52. The number of likely N-dealkylation sites (tertiary alicyclic amines) is 1. The van der Waals surface area contributed by atoms with E-state index in [0.29, 0.717) is 0 Å². The molecule has 98 valence electrons. The summed E-state index contributed by atoms with van der Waals surface area (Å²) in [6.07, 6.45) is -0.601. The van der Waals surface area contributed by atoms with Crippen molar-refractivity contribution in [2.75, 3.05) is 13.1 Å². The average molecular weight is 260 g/mol. The molecule has 6 nitrogen and oxygen atoms in total. The largest absolute Gasteiger partial charge is 0.480 e. The van der Waals surface area contributed by atoms with E-state index in [9.17, 15) is 9.59 Å². The van der Waals surface area contributed by atoms with Gasteiger partial charge in [-0.2, -0.15) is 5.26 Å². The van der Waals surface area contributed by atoms with Crippen LogP contribution in [0, 0.1) is 16.7 Å². The third kappa shape index (κ3) is 2.50. The van der Waals surface area contributed by atoms with Crippen LogP contribution in [0.4, 0.5) is 4.79 Å². The molecule has 1 aromatic rings. The van der Waals surface area contributed by atoms with Gasteiger partial charge in [-0.1, -0.05) is 30.3 Å². The van der Waals surface area contributed by atoms with Crippen LogP contribution >= 0.6 is 0 Å². The summed E-state index contributed by atoms with van der Waals surface area (Å²) in [5.74, 6) is -1.21. The fraction of sp³-hybridized carbons (Fsp3) is 0.308. The van der Waals surface area contributed by atoms with Crippen LogP contribution in [0.1, 0.15) is 5.56 Å². The highest BCUT2D eigenvalue weighted by molar-refractivity contribution is 5.83. The van der Waals surface area contributed by atoms with Gasteiger partial charge in [0.25, 0.3) is 0 Å². The molecule has 0 unspecified atom stereocenters. The van der Waals surface area contributed by atoms with E-state index in [1.54, 1.807) is 6.07 Å². The molecule has 1 fully saturated rings. The number of carboxylic acid groups (broad SMARTS) is 1. The lowest BCUT2D eigenvalue weighted by molar-refractivity contribution is -0.152. The van der Waals surface area contributed by atoms with E-state index in [4.69, 9.17) is 15.1 Å². The minimum absolute atomic E-state index is 0.128. The molecular weight excluding hydrogens is 248 g/mol. The van der Waals surface area contributed by atoms with Gasteiger partial charge in [0.1, 0.15) is 6.61 Å². The molecule has 1 amide bonds. The maximum Gasteiger partial charge on any atom is 0.410 e. The quantitative estimate of drug-likeness (QED) is 0.882. The van der Waals surface area contributed by atoms with E-state index in [-0.39, 0.29) is 19.7 Å². The van der Waals surface area contributed by atoms with Crippen LogP contribution in [0.15, 0.2) is 30.3 Å². The molecule has 6 heteroatoms. The predicted molar refractivity (Wildman–Crippen MR) is 63.9 cm³/mol. The van der Waals surface area contributed by atoms with Gasteiger partial charge in [0.15, 0.2) is 5.41 Å². The lowest BCUT2D eigenvalue weighted by atomic mass is 9.82. The first kappa shape index (κ1) is 12.9. The van der Waals surface area contributed by atoms with Crippen LogP contribution in [-0.2, 0) is 16.1 Å². The number of nitriles is 1. The van der Waals surface area contributed by atoms with Crippen LogP contribution in [0.25, 0.3) is 0 Å². The first-order valence-electron chi connectivity index (χ1n) is 5.68. The zero-order chi connectivity index (χ0) is 13.9. The molecule has 1 heterocycles. The second kappa shape index (κ2) is 4.98. The zero-order valence-corrected chi connectivity index (χ0v) is 10.1. The number of carbonyl (C=O) groups is 2. The van der Waals surface area contributed by atoms with Gasteiger partial charge in [0.05, 0.1) is 19.2 Å². The minimum atomic E-state index is -1.48. The summed E-state index contributed by atoms with van der Waals surface area (Å²) < 4.78 is 5.03. The summed E-state index contributed by atoms with van der Waals surface area (Å²) >= 11 is 0. The van der Waals surface area contributed by atoms with Gasteiger partial charge in [-0.3, -0.25) is 4.79 Å². The van der Waals surface area contributed by atoms with Gasteiger partial charge < -0.3 is 14.7 Å². The van der Waals surface area contributed by atoms with E-state index in [0.717, 1.165) is 5.56 Å². The highest BCUT2D eigenvalue weighted by Crippen LogP contribution is 2.30. The summed E-state index contributed by atoms with van der Waals surface area (Å²) in [5, 5.41) is 17.7. The number of hydrogen-bond acceptors (Lipinski definition) is 4. The zero-order valence-electron chi connectivity index (χ0n) is 10.1. The number of carboxylic acids is 1. The fourth-order valence-electron chi connectivity index (χ4n) is 1.80. The Bertz CT molecular complexity index is 529. The van der Waals surface area contributed by atoms with Gasteiger partial charge in [0, 0.05) is 0 Å². The molecule has 1 aromatic carbocycles. The summed E-state index contributed by atoms with van der Waals surface area (Å²) in [5.41, 5.74) is -0.632. The average Bonchev–Trinajstić information content (AvgIpc) is 2.36. The van der Waals surface area contributed by atoms with Crippen LogP contribution in [0.3, 0.4) is 0 Å². The third-order valence-electron chi connectivity index (χ3n) is 3.01. The molecule has 0 saturated carbocycles. The molecule has 2 rings (SSSR count). The summed E-state index contributed by atoms with van der Waals surface area (Å²) in [6, 6.07) is 10.9. The molecule has 0 radical (unpaired) electrons. The fourth-order valence-corrected chi connectivity index (χ4v) is 1.80. The van der Waals surface area contributed by atoms with Crippen LogP contribution in [-0.4, -0.2) is 35.2 Å². The normalized spacial score (nSPS) is 16.1. The molecule has 1 aliphatic rings. The van der Waals surface area contributed by atoms with Crippen molar-refractivity contribution in [1.29, 1.82) is 5.26 Å². The van der Waals surface area contributed by atoms with Gasteiger partial charge in [-0.25, -0.2) is 4.79 Å². The lowest BCUT2D eigenvalue weighted by Crippen LogP contribution is -2.61. The van der Waals surface area contributed by atoms with Gasteiger partial charge in [-0.05, 0) is 5.56 Å². The number of nitrogens with zero attached hydrogens (tertiary/aromatic N) is 2. The molecular formula is C13H12N2O4. The summed E-state index contributed by atoms with van der Waals surface area (Å²) in [4.78, 5) is 23.7. The summed E-state index contributed by atoms with van der Waals surface area (Å²) in [6.45, 7) is -0.137. The molecule has 0 bridgehead atoms. The van der Waals surface area contributed by atoms with E-state index < -0.39 is 17.5 Å². The first-order valence-corrected chi connectivity index (χ1v) is 5.68. The Hall–Kier alpha value is -2.55. The topological polar surface area (TPSA) is 90.6 Å². The maximum atomic E-state index is 11.6. The van der Waals surface area contributed by atoms with Crippen LogP contribution in [0.2, 0.25) is 0 Å². The molecule has 1 saturated heterocycles. The SMILES string of the molecule is N#CC1(C(=O)O)CN(C(=O)OCc2ccccc2)C1. The number of benzene rings is 1. The van der Waals surface area contributed by atoms with Crippen molar-refractivity contribution < 1.29 is 19.4 Å². The van der Waals surface area contributed by atoms with Crippen molar-refractivity contribution in [2.24, 2.45) is 5.41 Å². The lowest BCUT2D eigenvalue weighted by Gasteiger charge is -2.41. The predicted octanol–water partition coefficient (Wildman–Crippen LogP) is 1.23. The Morgan fingerprint density at radius 1 is 1.37 bits per heavy atom. The monoisotopic (exact) mass is 260 g/mol. The number of ether oxygens (including phenoxy) is 1. The Kier molecular flexibility index (Phi) is 3.38. The molecule has 0 aromatic heterocycles. The second-order valence-corrected chi connectivity index (χ2v) is 4.40. The molecule has 19 heavy (non-hydrogen) atoms. The molecule has 1 aliphatic heterocycles. The van der Waals surface area contributed by atoms with Gasteiger partial charge in [0.2, 0.25) is 0 Å². The van der Waals surface area contributed by atoms with Crippen molar-refractivity contribution in [3.05, 3.63) is 35.9 Å². The van der Waals surface area contributed by atoms with Crippen molar-refractivity contribution in [3.63, 3.8) is 0 Å². The van der Waals surface area contributed by atoms with Crippen LogP contribution in [0.5, 0.6) is 0 Å². The van der Waals surface area contributed by atoms with Crippen molar-refractivity contribution in [2.45, 2.75) is 6.61 Å². The van der Waals surface area contributed by atoms with Crippen molar-refractivity contribution >= 4 is 12.1 Å². The Labute approximate surface area is 109 Å². The third-order valence-corrected chi connectivity index (χ3v) is 3.01. The molecule has 0 spiro atoms. The number of amides is 1. The van der Waals surface area contributed by atoms with E-state index >= 15 is 0 Å². The van der Waals surface area contributed by atoms with Gasteiger partial charge >= 0.3 is 12.1 Å². The number of aliphatic carboxylic acids is 1. The summed E-state index contributed by atoms with van der Waals surface area (Å²) in [7, 11) is 0. The van der Waals surface area contributed by atoms with Crippen molar-refractivity contribution in [3.8, 4) is 6.07 Å². The minimum Gasteiger partial charge on any atom is -0.480 e. The Morgan fingerprint density at radius 3 is 2.53 bits per heavy atom. The standard InChI is InChI=1S/C13H12N2O4/c14-7-13(11(16)17)8-15(9-13)12(18)19-6-10-4-2-1-3-5-10/h1-5H,6,8-9H2,(H,16,17). The van der Waals surface area contributed by atoms with E-state index in [1.165, 1.54) is 4.90 Å². The second-order valence-electron chi connectivity index (χ2n) is 4.40. The number of carbonyl (C=O) groups excluding carboxylic acids is 1. The molecule has 0 aliphatic carbocycles. The van der Waals surface area contributed by atoms with Gasteiger partial charge in [-0.15, -0.1) is 0 Å².